The SMILES string of the molecule is COC(=O)C[C@H](NC(=O)c1ccccc1Br)C1CC1. The highest BCUT2D eigenvalue weighted by Gasteiger charge is 2.34. The number of esters is 1. The predicted molar refractivity (Wildman–Crippen MR) is 74.8 cm³/mol. The van der Waals surface area contributed by atoms with E-state index in [0.29, 0.717) is 11.5 Å². The van der Waals surface area contributed by atoms with E-state index < -0.39 is 0 Å². The Bertz CT molecular complexity index is 485. The van der Waals surface area contributed by atoms with Gasteiger partial charge < -0.3 is 10.1 Å². The third-order valence-corrected chi connectivity index (χ3v) is 3.93. The van der Waals surface area contributed by atoms with Gasteiger partial charge in [-0.1, -0.05) is 12.1 Å². The molecule has 0 spiro atoms. The maximum atomic E-state index is 12.2. The van der Waals surface area contributed by atoms with Crippen LogP contribution in [0, 0.1) is 5.92 Å². The summed E-state index contributed by atoms with van der Waals surface area (Å²) in [5.74, 6) is -0.0526. The number of carbonyl (C=O) groups is 2. The number of amides is 1. The van der Waals surface area contributed by atoms with Gasteiger partial charge in [-0.25, -0.2) is 0 Å². The molecule has 1 amide bonds. The van der Waals surface area contributed by atoms with Gasteiger partial charge in [0.15, 0.2) is 0 Å². The summed E-state index contributed by atoms with van der Waals surface area (Å²) in [6, 6.07) is 7.11. The van der Waals surface area contributed by atoms with Crippen LogP contribution in [0.25, 0.3) is 0 Å². The fourth-order valence-electron chi connectivity index (χ4n) is 1.99. The quantitative estimate of drug-likeness (QED) is 0.846. The van der Waals surface area contributed by atoms with E-state index >= 15 is 0 Å². The number of ether oxygens (including phenoxy) is 1. The molecule has 0 aromatic heterocycles. The van der Waals surface area contributed by atoms with E-state index in [1.807, 2.05) is 18.2 Å². The Balaban J connectivity index is 2.03. The Morgan fingerprint density at radius 2 is 2.11 bits per heavy atom. The number of benzene rings is 1. The van der Waals surface area contributed by atoms with Gasteiger partial charge in [0.1, 0.15) is 0 Å². The molecule has 0 aliphatic heterocycles. The minimum atomic E-state index is -0.288. The fourth-order valence-corrected chi connectivity index (χ4v) is 2.45. The van der Waals surface area contributed by atoms with Crippen LogP contribution in [0.3, 0.4) is 0 Å². The summed E-state index contributed by atoms with van der Waals surface area (Å²) in [6.45, 7) is 0. The molecule has 1 saturated carbocycles. The zero-order chi connectivity index (χ0) is 13.8. The van der Waals surface area contributed by atoms with Crippen LogP contribution < -0.4 is 5.32 Å². The maximum Gasteiger partial charge on any atom is 0.307 e. The van der Waals surface area contributed by atoms with Crippen LogP contribution in [-0.2, 0) is 9.53 Å². The summed E-state index contributed by atoms with van der Waals surface area (Å²) in [4.78, 5) is 23.5. The molecule has 2 rings (SSSR count). The van der Waals surface area contributed by atoms with Crippen molar-refractivity contribution in [2.45, 2.75) is 25.3 Å². The molecule has 4 nitrogen and oxygen atoms in total. The number of rotatable bonds is 5. The first-order chi connectivity index (χ1) is 9.11. The third kappa shape index (κ3) is 3.80. The van der Waals surface area contributed by atoms with Gasteiger partial charge in [0.25, 0.3) is 5.91 Å². The summed E-state index contributed by atoms with van der Waals surface area (Å²) in [5, 5.41) is 2.93. The van der Waals surface area contributed by atoms with Crippen molar-refractivity contribution >= 4 is 27.8 Å². The first-order valence-electron chi connectivity index (χ1n) is 6.24. The number of nitrogens with one attached hydrogen (secondary N) is 1. The predicted octanol–water partition coefficient (Wildman–Crippen LogP) is 2.52. The van der Waals surface area contributed by atoms with E-state index in [4.69, 9.17) is 0 Å². The van der Waals surface area contributed by atoms with Crippen molar-refractivity contribution in [1.82, 2.24) is 5.32 Å². The number of carbonyl (C=O) groups excluding carboxylic acids is 2. The molecule has 5 heteroatoms. The van der Waals surface area contributed by atoms with Crippen LogP contribution in [0.4, 0.5) is 0 Å². The van der Waals surface area contributed by atoms with Crippen molar-refractivity contribution in [3.63, 3.8) is 0 Å². The zero-order valence-electron chi connectivity index (χ0n) is 10.7. The molecule has 0 saturated heterocycles. The lowest BCUT2D eigenvalue weighted by atomic mass is 10.1. The highest BCUT2D eigenvalue weighted by Crippen LogP contribution is 2.34. The Kier molecular flexibility index (Phi) is 4.58. The molecule has 0 radical (unpaired) electrons. The van der Waals surface area contributed by atoms with Gasteiger partial charge >= 0.3 is 5.97 Å². The normalized spacial score (nSPS) is 15.7. The molecule has 1 aromatic carbocycles. The van der Waals surface area contributed by atoms with Crippen molar-refractivity contribution in [3.8, 4) is 0 Å². The van der Waals surface area contributed by atoms with Crippen molar-refractivity contribution in [2.24, 2.45) is 5.92 Å². The lowest BCUT2D eigenvalue weighted by molar-refractivity contribution is -0.141. The molecule has 0 unspecified atom stereocenters. The third-order valence-electron chi connectivity index (χ3n) is 3.24. The van der Waals surface area contributed by atoms with Crippen LogP contribution in [-0.4, -0.2) is 25.0 Å². The van der Waals surface area contributed by atoms with Gasteiger partial charge in [-0.15, -0.1) is 0 Å². The fraction of sp³-hybridized carbons (Fsp3) is 0.429. The molecule has 0 bridgehead atoms. The van der Waals surface area contributed by atoms with Gasteiger partial charge in [0.2, 0.25) is 0 Å². The Labute approximate surface area is 120 Å². The van der Waals surface area contributed by atoms with E-state index in [1.54, 1.807) is 6.07 Å². The molecule has 1 aromatic rings. The summed E-state index contributed by atoms with van der Waals surface area (Å²) in [5.41, 5.74) is 0.581. The van der Waals surface area contributed by atoms with Crippen molar-refractivity contribution in [2.75, 3.05) is 7.11 Å². The monoisotopic (exact) mass is 325 g/mol. The average molecular weight is 326 g/mol. The van der Waals surface area contributed by atoms with E-state index in [1.165, 1.54) is 7.11 Å². The molecule has 0 heterocycles. The van der Waals surface area contributed by atoms with Crippen molar-refractivity contribution in [1.29, 1.82) is 0 Å². The molecule has 1 N–H and O–H groups in total. The van der Waals surface area contributed by atoms with E-state index in [-0.39, 0.29) is 24.3 Å². The van der Waals surface area contributed by atoms with Crippen molar-refractivity contribution < 1.29 is 14.3 Å². The standard InChI is InChI=1S/C14H16BrNO3/c1-19-13(17)8-12(9-6-7-9)16-14(18)10-4-2-3-5-11(10)15/h2-5,9,12H,6-8H2,1H3,(H,16,18)/t12-/m0/s1. The first-order valence-corrected chi connectivity index (χ1v) is 7.03. The van der Waals surface area contributed by atoms with Gasteiger partial charge in [0, 0.05) is 10.5 Å². The number of hydrogen-bond acceptors (Lipinski definition) is 3. The average Bonchev–Trinajstić information content (AvgIpc) is 3.22. The van der Waals surface area contributed by atoms with Gasteiger partial charge in [-0.3, -0.25) is 9.59 Å². The molecule has 1 aliphatic carbocycles. The molecule has 1 atom stereocenters. The largest absolute Gasteiger partial charge is 0.469 e. The zero-order valence-corrected chi connectivity index (χ0v) is 12.3. The number of methoxy groups -OCH3 is 1. The van der Waals surface area contributed by atoms with Crippen LogP contribution in [0.1, 0.15) is 29.6 Å². The molecule has 1 aliphatic rings. The van der Waals surface area contributed by atoms with Gasteiger partial charge in [-0.05, 0) is 46.8 Å². The highest BCUT2D eigenvalue weighted by atomic mass is 79.9. The Hall–Kier alpha value is -1.36. The van der Waals surface area contributed by atoms with Gasteiger partial charge in [-0.2, -0.15) is 0 Å². The highest BCUT2D eigenvalue weighted by molar-refractivity contribution is 9.10. The molecular formula is C14H16BrNO3. The molecular weight excluding hydrogens is 310 g/mol. The number of halogens is 1. The van der Waals surface area contributed by atoms with E-state index in [2.05, 4.69) is 26.0 Å². The van der Waals surface area contributed by atoms with Crippen molar-refractivity contribution in [3.05, 3.63) is 34.3 Å². The summed E-state index contributed by atoms with van der Waals surface area (Å²) < 4.78 is 5.42. The number of hydrogen-bond donors (Lipinski definition) is 1. The van der Waals surface area contributed by atoms with Crippen LogP contribution in [0.15, 0.2) is 28.7 Å². The van der Waals surface area contributed by atoms with Gasteiger partial charge in [0.05, 0.1) is 19.1 Å². The molecule has 1 fully saturated rings. The first kappa shape index (κ1) is 14.1. The molecule has 102 valence electrons. The summed E-state index contributed by atoms with van der Waals surface area (Å²) in [7, 11) is 1.36. The van der Waals surface area contributed by atoms with Crippen LogP contribution in [0.5, 0.6) is 0 Å². The lowest BCUT2D eigenvalue weighted by Gasteiger charge is -2.17. The molecule has 19 heavy (non-hydrogen) atoms. The van der Waals surface area contributed by atoms with Crippen LogP contribution in [0.2, 0.25) is 0 Å². The lowest BCUT2D eigenvalue weighted by Crippen LogP contribution is -2.38. The summed E-state index contributed by atoms with van der Waals surface area (Å²) in [6.07, 6.45) is 2.34. The summed E-state index contributed by atoms with van der Waals surface area (Å²) >= 11 is 3.35. The Morgan fingerprint density at radius 1 is 1.42 bits per heavy atom. The maximum absolute atomic E-state index is 12.2. The minimum absolute atomic E-state index is 0.132. The second-order valence-electron chi connectivity index (χ2n) is 4.68. The van der Waals surface area contributed by atoms with E-state index in [9.17, 15) is 9.59 Å². The second kappa shape index (κ2) is 6.19. The smallest absolute Gasteiger partial charge is 0.307 e. The second-order valence-corrected chi connectivity index (χ2v) is 5.53. The van der Waals surface area contributed by atoms with Crippen LogP contribution >= 0.6 is 15.9 Å². The topological polar surface area (TPSA) is 55.4 Å². The Morgan fingerprint density at radius 3 is 2.68 bits per heavy atom. The minimum Gasteiger partial charge on any atom is -0.469 e. The van der Waals surface area contributed by atoms with E-state index in [0.717, 1.165) is 17.3 Å².